The Kier molecular flexibility index (Phi) is 6.77. The maximum atomic E-state index is 13.0. The molecule has 6 nitrogen and oxygen atoms in total. The number of cyclic esters (lactones) is 1. The van der Waals surface area contributed by atoms with Gasteiger partial charge in [0.05, 0.1) is 12.5 Å². The van der Waals surface area contributed by atoms with Crippen LogP contribution in [-0.2, 0) is 14.3 Å². The van der Waals surface area contributed by atoms with Gasteiger partial charge in [-0.3, -0.25) is 9.59 Å². The first kappa shape index (κ1) is 19.9. The summed E-state index contributed by atoms with van der Waals surface area (Å²) in [5, 5.41) is 9.19. The number of amides is 2. The molecule has 2 rings (SSSR count). The van der Waals surface area contributed by atoms with Crippen LogP contribution in [0.3, 0.4) is 0 Å². The minimum atomic E-state index is -1.04. The number of imide groups is 1. The lowest BCUT2D eigenvalue weighted by Gasteiger charge is -2.25. The van der Waals surface area contributed by atoms with Crippen LogP contribution in [0.15, 0.2) is 30.3 Å². The maximum absolute atomic E-state index is 13.0. The number of hydrogen-bond acceptors (Lipinski definition) is 4. The van der Waals surface area contributed by atoms with E-state index in [1.165, 1.54) is 0 Å². The Labute approximate surface area is 154 Å². The number of rotatable bonds is 8. The van der Waals surface area contributed by atoms with Gasteiger partial charge in [-0.25, -0.2) is 9.69 Å². The number of carboxylic acid groups (broad SMARTS) is 1. The molecule has 6 heteroatoms. The van der Waals surface area contributed by atoms with Crippen molar-refractivity contribution in [3.8, 4) is 0 Å². The summed E-state index contributed by atoms with van der Waals surface area (Å²) in [6, 6.07) is 8.78. The van der Waals surface area contributed by atoms with Gasteiger partial charge in [-0.1, -0.05) is 57.0 Å². The van der Waals surface area contributed by atoms with Crippen molar-refractivity contribution in [1.82, 2.24) is 4.90 Å². The summed E-state index contributed by atoms with van der Waals surface area (Å²) in [6.07, 6.45) is 0.815. The highest BCUT2D eigenvalue weighted by molar-refractivity contribution is 5.96. The Morgan fingerprint density at radius 1 is 1.27 bits per heavy atom. The molecule has 2 amide bonds. The highest BCUT2D eigenvalue weighted by Gasteiger charge is 2.45. The first-order chi connectivity index (χ1) is 12.3. The minimum absolute atomic E-state index is 0.215. The molecule has 1 aromatic carbocycles. The predicted molar refractivity (Wildman–Crippen MR) is 96.4 cm³/mol. The molecular formula is C20H27NO5. The number of nitrogens with zero attached hydrogens (tertiary/aromatic N) is 1. The van der Waals surface area contributed by atoms with Crippen LogP contribution in [0.25, 0.3) is 0 Å². The van der Waals surface area contributed by atoms with Crippen molar-refractivity contribution in [3.63, 3.8) is 0 Å². The Hall–Kier alpha value is -2.37. The van der Waals surface area contributed by atoms with E-state index in [1.54, 1.807) is 6.92 Å². The zero-order chi connectivity index (χ0) is 19.3. The van der Waals surface area contributed by atoms with E-state index < -0.39 is 36.0 Å². The van der Waals surface area contributed by atoms with Crippen LogP contribution in [-0.4, -0.2) is 34.0 Å². The third kappa shape index (κ3) is 4.62. The largest absolute Gasteiger partial charge is 0.481 e. The second-order valence-electron chi connectivity index (χ2n) is 7.09. The van der Waals surface area contributed by atoms with E-state index in [0.29, 0.717) is 6.42 Å². The monoisotopic (exact) mass is 361 g/mol. The molecule has 1 N–H and O–H groups in total. The lowest BCUT2D eigenvalue weighted by molar-refractivity contribution is -0.144. The van der Waals surface area contributed by atoms with Gasteiger partial charge >= 0.3 is 12.1 Å². The number of ether oxygens (including phenoxy) is 1. The fourth-order valence-electron chi connectivity index (χ4n) is 3.62. The zero-order valence-corrected chi connectivity index (χ0v) is 15.6. The molecule has 1 aliphatic heterocycles. The number of carbonyl (C=O) groups is 3. The van der Waals surface area contributed by atoms with Crippen molar-refractivity contribution < 1.29 is 24.2 Å². The average Bonchev–Trinajstić information content (AvgIpc) is 2.89. The number of hydrogen-bond donors (Lipinski definition) is 1. The first-order valence-electron chi connectivity index (χ1n) is 9.15. The van der Waals surface area contributed by atoms with E-state index in [-0.39, 0.29) is 12.3 Å². The average molecular weight is 361 g/mol. The molecule has 26 heavy (non-hydrogen) atoms. The molecular weight excluding hydrogens is 334 g/mol. The molecule has 1 saturated heterocycles. The van der Waals surface area contributed by atoms with Crippen molar-refractivity contribution in [2.45, 2.75) is 58.6 Å². The second-order valence-corrected chi connectivity index (χ2v) is 7.09. The Balaban J connectivity index is 2.18. The molecule has 0 bridgehead atoms. The molecule has 4 atom stereocenters. The molecule has 0 spiro atoms. The topological polar surface area (TPSA) is 83.9 Å². The maximum Gasteiger partial charge on any atom is 0.417 e. The summed E-state index contributed by atoms with van der Waals surface area (Å²) in [7, 11) is 0. The van der Waals surface area contributed by atoms with Gasteiger partial charge in [0, 0.05) is 5.92 Å². The molecule has 0 aromatic heterocycles. The standard InChI is InChI=1S/C20H27NO5/c1-4-8-13(2)11-16(12-17(22)23)19(24)21-14(3)18(26-20(21)25)15-9-6-5-7-10-15/h5-7,9-10,13-14,16,18H,4,8,11-12H2,1-3H3,(H,22,23)/t13?,14-,16?,18-/m1/s1. The van der Waals surface area contributed by atoms with Crippen molar-refractivity contribution >= 4 is 18.0 Å². The van der Waals surface area contributed by atoms with Gasteiger partial charge < -0.3 is 9.84 Å². The lowest BCUT2D eigenvalue weighted by atomic mass is 9.89. The molecule has 0 radical (unpaired) electrons. The van der Waals surface area contributed by atoms with Gasteiger partial charge in [0.15, 0.2) is 0 Å². The van der Waals surface area contributed by atoms with Crippen LogP contribution in [0, 0.1) is 11.8 Å². The molecule has 142 valence electrons. The van der Waals surface area contributed by atoms with Crippen molar-refractivity contribution in [2.75, 3.05) is 0 Å². The van der Waals surface area contributed by atoms with Crippen molar-refractivity contribution in [2.24, 2.45) is 11.8 Å². The van der Waals surface area contributed by atoms with Gasteiger partial charge in [-0.05, 0) is 24.8 Å². The number of carboxylic acids is 1. The lowest BCUT2D eigenvalue weighted by Crippen LogP contribution is -2.42. The third-order valence-electron chi connectivity index (χ3n) is 4.87. The summed E-state index contributed by atoms with van der Waals surface area (Å²) in [6.45, 7) is 5.81. The summed E-state index contributed by atoms with van der Waals surface area (Å²) >= 11 is 0. The van der Waals surface area contributed by atoms with E-state index in [4.69, 9.17) is 4.74 Å². The van der Waals surface area contributed by atoms with Crippen LogP contribution < -0.4 is 0 Å². The summed E-state index contributed by atoms with van der Waals surface area (Å²) in [5.41, 5.74) is 0.817. The third-order valence-corrected chi connectivity index (χ3v) is 4.87. The van der Waals surface area contributed by atoms with E-state index in [2.05, 4.69) is 6.92 Å². The van der Waals surface area contributed by atoms with Crippen LogP contribution >= 0.6 is 0 Å². The number of aliphatic carboxylic acids is 1. The van der Waals surface area contributed by atoms with Crippen molar-refractivity contribution in [1.29, 1.82) is 0 Å². The molecule has 1 aliphatic rings. The minimum Gasteiger partial charge on any atom is -0.481 e. The smallest absolute Gasteiger partial charge is 0.417 e. The quantitative estimate of drug-likeness (QED) is 0.756. The molecule has 1 fully saturated rings. The molecule has 0 aliphatic carbocycles. The van der Waals surface area contributed by atoms with Gasteiger partial charge in [-0.2, -0.15) is 0 Å². The first-order valence-corrected chi connectivity index (χ1v) is 9.15. The Morgan fingerprint density at radius 2 is 1.92 bits per heavy atom. The van der Waals surface area contributed by atoms with Gasteiger partial charge in [0.1, 0.15) is 6.10 Å². The van der Waals surface area contributed by atoms with Crippen LogP contribution in [0.4, 0.5) is 4.79 Å². The number of benzene rings is 1. The molecule has 2 unspecified atom stereocenters. The second kappa shape index (κ2) is 8.83. The van der Waals surface area contributed by atoms with Crippen LogP contribution in [0.1, 0.15) is 58.1 Å². The van der Waals surface area contributed by atoms with Gasteiger partial charge in [-0.15, -0.1) is 0 Å². The molecule has 0 saturated carbocycles. The SMILES string of the molecule is CCCC(C)CC(CC(=O)O)C(=O)N1C(=O)O[C@@H](c2ccccc2)[C@H]1C. The summed E-state index contributed by atoms with van der Waals surface area (Å²) in [4.78, 5) is 37.7. The van der Waals surface area contributed by atoms with Crippen molar-refractivity contribution in [3.05, 3.63) is 35.9 Å². The predicted octanol–water partition coefficient (Wildman–Crippen LogP) is 4.01. The van der Waals surface area contributed by atoms with E-state index in [0.717, 1.165) is 23.3 Å². The highest BCUT2D eigenvalue weighted by atomic mass is 16.6. The van der Waals surface area contributed by atoms with E-state index in [1.807, 2.05) is 37.3 Å². The van der Waals surface area contributed by atoms with Gasteiger partial charge in [0.25, 0.3) is 0 Å². The fourth-order valence-corrected chi connectivity index (χ4v) is 3.62. The van der Waals surface area contributed by atoms with Crippen LogP contribution in [0.5, 0.6) is 0 Å². The van der Waals surface area contributed by atoms with Crippen LogP contribution in [0.2, 0.25) is 0 Å². The Morgan fingerprint density at radius 3 is 2.50 bits per heavy atom. The van der Waals surface area contributed by atoms with Gasteiger partial charge in [0.2, 0.25) is 5.91 Å². The summed E-state index contributed by atoms with van der Waals surface area (Å²) < 4.78 is 5.42. The Bertz CT molecular complexity index is 645. The van der Waals surface area contributed by atoms with E-state index in [9.17, 15) is 19.5 Å². The molecule has 1 heterocycles. The molecule has 1 aromatic rings. The normalized spacial score (nSPS) is 22.0. The van der Waals surface area contributed by atoms with E-state index >= 15 is 0 Å². The number of carbonyl (C=O) groups excluding carboxylic acids is 2. The zero-order valence-electron chi connectivity index (χ0n) is 15.6. The summed E-state index contributed by atoms with van der Waals surface area (Å²) in [5.74, 6) is -2.00. The fraction of sp³-hybridized carbons (Fsp3) is 0.550. The highest BCUT2D eigenvalue weighted by Crippen LogP contribution is 2.34.